The molecule has 16 heavy (non-hydrogen) atoms. The number of anilines is 2. The molecule has 0 aliphatic heterocycles. The fourth-order valence-corrected chi connectivity index (χ4v) is 1.27. The molecule has 0 aromatic heterocycles. The first kappa shape index (κ1) is 12.2. The molecule has 1 aromatic rings. The first-order valence-electron chi connectivity index (χ1n) is 4.71. The second kappa shape index (κ2) is 5.29. The van der Waals surface area contributed by atoms with Crippen LogP contribution in [0.4, 0.5) is 11.4 Å². The van der Waals surface area contributed by atoms with Gasteiger partial charge in [0.05, 0.1) is 5.69 Å². The van der Waals surface area contributed by atoms with Gasteiger partial charge in [0.25, 0.3) is 0 Å². The predicted octanol–water partition coefficient (Wildman–Crippen LogP) is 2.28. The maximum absolute atomic E-state index is 10.8. The van der Waals surface area contributed by atoms with Crippen LogP contribution >= 0.6 is 0 Å². The van der Waals surface area contributed by atoms with Crippen LogP contribution < -0.4 is 10.5 Å². The summed E-state index contributed by atoms with van der Waals surface area (Å²) in [5.41, 5.74) is 1.42. The molecule has 0 bridgehead atoms. The topological polar surface area (TPSA) is 75.6 Å². The number of allylic oxidation sites excluding steroid dienone is 2. The summed E-state index contributed by atoms with van der Waals surface area (Å²) in [5.74, 6) is -0.0613. The van der Waals surface area contributed by atoms with Gasteiger partial charge in [-0.2, -0.15) is 0 Å². The number of rotatable bonds is 4. The molecule has 0 atom stereocenters. The Balaban J connectivity index is 2.82. The van der Waals surface area contributed by atoms with Gasteiger partial charge < -0.3 is 15.8 Å². The summed E-state index contributed by atoms with van der Waals surface area (Å²) in [7, 11) is 0. The van der Waals surface area contributed by atoms with Crippen LogP contribution in [0.1, 0.15) is 13.8 Å². The Labute approximate surface area is 93.5 Å². The number of hydrogen-bond acceptors (Lipinski definition) is 5. The van der Waals surface area contributed by atoms with Crippen LogP contribution in [0.2, 0.25) is 0 Å². The van der Waals surface area contributed by atoms with E-state index in [1.807, 2.05) is 0 Å². The zero-order chi connectivity index (χ0) is 12.1. The average molecular weight is 221 g/mol. The van der Waals surface area contributed by atoms with E-state index in [0.29, 0.717) is 11.4 Å². The number of ketones is 1. The molecule has 0 aliphatic rings. The van der Waals surface area contributed by atoms with Gasteiger partial charge in [-0.1, -0.05) is 6.07 Å². The number of nitrogens with zero attached hydrogens (tertiary/aromatic N) is 1. The van der Waals surface area contributed by atoms with Gasteiger partial charge in [-0.3, -0.25) is 10.0 Å². The van der Waals surface area contributed by atoms with Crippen LogP contribution in [-0.2, 0) is 4.79 Å². The summed E-state index contributed by atoms with van der Waals surface area (Å²) >= 11 is 0. The minimum Gasteiger partial charge on any atom is -0.733 e. The van der Waals surface area contributed by atoms with Crippen molar-refractivity contribution in [3.63, 3.8) is 0 Å². The molecule has 0 radical (unpaired) electrons. The monoisotopic (exact) mass is 221 g/mol. The maximum atomic E-state index is 10.8. The largest absolute Gasteiger partial charge is 0.733 e. The lowest BCUT2D eigenvalue weighted by atomic mass is 10.2. The van der Waals surface area contributed by atoms with Crippen molar-refractivity contribution in [3.8, 4) is 0 Å². The second-order valence-electron chi connectivity index (χ2n) is 3.39. The number of carbonyl (C=O) groups excluding carboxylic acids is 1. The molecule has 0 aliphatic carbocycles. The highest BCUT2D eigenvalue weighted by molar-refractivity contribution is 5.88. The standard InChI is InChI=1S/C11H13N2O3/c1-8(6-9(2)14)12-10-4-3-5-11(7-10)13(15)16/h3-7,12,15H,1-2H3/q-1. The van der Waals surface area contributed by atoms with Gasteiger partial charge >= 0.3 is 0 Å². The van der Waals surface area contributed by atoms with Crippen molar-refractivity contribution < 1.29 is 10.0 Å². The molecule has 0 saturated carbocycles. The van der Waals surface area contributed by atoms with E-state index in [2.05, 4.69) is 5.32 Å². The van der Waals surface area contributed by atoms with E-state index in [1.54, 1.807) is 19.1 Å². The van der Waals surface area contributed by atoms with E-state index >= 15 is 0 Å². The Kier molecular flexibility index (Phi) is 4.04. The van der Waals surface area contributed by atoms with Crippen molar-refractivity contribution >= 4 is 17.2 Å². The van der Waals surface area contributed by atoms with Crippen molar-refractivity contribution in [1.29, 1.82) is 0 Å². The van der Waals surface area contributed by atoms with Crippen LogP contribution in [0.15, 0.2) is 36.0 Å². The Morgan fingerprint density at radius 1 is 1.50 bits per heavy atom. The third-order valence-electron chi connectivity index (χ3n) is 1.83. The molecule has 0 heterocycles. The van der Waals surface area contributed by atoms with E-state index in [1.165, 1.54) is 25.1 Å². The average Bonchev–Trinajstić information content (AvgIpc) is 2.16. The van der Waals surface area contributed by atoms with E-state index in [4.69, 9.17) is 5.21 Å². The van der Waals surface area contributed by atoms with Gasteiger partial charge in [0.1, 0.15) is 0 Å². The zero-order valence-corrected chi connectivity index (χ0v) is 9.10. The smallest absolute Gasteiger partial charge is 0.154 e. The minimum absolute atomic E-state index is 0.0613. The van der Waals surface area contributed by atoms with E-state index in [0.717, 1.165) is 0 Å². The van der Waals surface area contributed by atoms with Gasteiger partial charge in [-0.25, -0.2) is 0 Å². The van der Waals surface area contributed by atoms with Gasteiger partial charge in [0.2, 0.25) is 0 Å². The number of carbonyl (C=O) groups is 1. The zero-order valence-electron chi connectivity index (χ0n) is 9.10. The van der Waals surface area contributed by atoms with Gasteiger partial charge in [-0.05, 0) is 38.1 Å². The normalized spacial score (nSPS) is 11.1. The Morgan fingerprint density at radius 3 is 2.75 bits per heavy atom. The lowest BCUT2D eigenvalue weighted by molar-refractivity contribution is -0.112. The number of nitrogens with one attached hydrogen (secondary N) is 1. The summed E-state index contributed by atoms with van der Waals surface area (Å²) in [4.78, 5) is 10.8. The molecule has 0 fully saturated rings. The molecule has 86 valence electrons. The van der Waals surface area contributed by atoms with Crippen LogP contribution in [0.3, 0.4) is 0 Å². The maximum Gasteiger partial charge on any atom is 0.154 e. The third kappa shape index (κ3) is 3.72. The molecular formula is C11H13N2O3-. The van der Waals surface area contributed by atoms with Gasteiger partial charge in [0.15, 0.2) is 5.78 Å². The molecular weight excluding hydrogens is 208 g/mol. The van der Waals surface area contributed by atoms with Crippen molar-refractivity contribution in [1.82, 2.24) is 0 Å². The minimum atomic E-state index is -0.213. The molecule has 5 nitrogen and oxygen atoms in total. The summed E-state index contributed by atoms with van der Waals surface area (Å²) < 4.78 is 0. The molecule has 5 heteroatoms. The summed E-state index contributed by atoms with van der Waals surface area (Å²) in [6, 6.07) is 6.30. The quantitative estimate of drug-likeness (QED) is 0.602. The van der Waals surface area contributed by atoms with Crippen LogP contribution in [0.25, 0.3) is 0 Å². The summed E-state index contributed by atoms with van der Waals surface area (Å²) in [5, 5.41) is 22.1. The Morgan fingerprint density at radius 2 is 2.19 bits per heavy atom. The summed E-state index contributed by atoms with van der Waals surface area (Å²) in [6.07, 6.45) is 1.45. The van der Waals surface area contributed by atoms with E-state index in [9.17, 15) is 10.0 Å². The highest BCUT2D eigenvalue weighted by Crippen LogP contribution is 2.18. The number of hydrogen-bond donors (Lipinski definition) is 2. The molecule has 2 N–H and O–H groups in total. The van der Waals surface area contributed by atoms with Crippen LogP contribution in [-0.4, -0.2) is 11.0 Å². The molecule has 0 amide bonds. The Hall–Kier alpha value is -1.85. The van der Waals surface area contributed by atoms with Gasteiger partial charge in [0, 0.05) is 11.4 Å². The number of benzene rings is 1. The van der Waals surface area contributed by atoms with E-state index in [-0.39, 0.29) is 16.7 Å². The lowest BCUT2D eigenvalue weighted by Gasteiger charge is -2.22. The summed E-state index contributed by atoms with van der Waals surface area (Å²) in [6.45, 7) is 3.19. The fourth-order valence-electron chi connectivity index (χ4n) is 1.27. The third-order valence-corrected chi connectivity index (χ3v) is 1.83. The first-order valence-corrected chi connectivity index (χ1v) is 4.71. The second-order valence-corrected chi connectivity index (χ2v) is 3.39. The van der Waals surface area contributed by atoms with Crippen LogP contribution in [0, 0.1) is 5.21 Å². The highest BCUT2D eigenvalue weighted by Gasteiger charge is 1.97. The predicted molar refractivity (Wildman–Crippen MR) is 62.1 cm³/mol. The van der Waals surface area contributed by atoms with Crippen molar-refractivity contribution in [2.45, 2.75) is 13.8 Å². The highest BCUT2D eigenvalue weighted by atomic mass is 16.8. The van der Waals surface area contributed by atoms with Crippen molar-refractivity contribution in [2.75, 3.05) is 10.5 Å². The molecule has 0 saturated heterocycles. The molecule has 0 spiro atoms. The lowest BCUT2D eigenvalue weighted by Crippen LogP contribution is -2.07. The molecule has 1 aromatic carbocycles. The van der Waals surface area contributed by atoms with Crippen LogP contribution in [0.5, 0.6) is 0 Å². The van der Waals surface area contributed by atoms with E-state index < -0.39 is 0 Å². The van der Waals surface area contributed by atoms with Crippen molar-refractivity contribution in [3.05, 3.63) is 41.2 Å². The van der Waals surface area contributed by atoms with Crippen molar-refractivity contribution in [2.24, 2.45) is 0 Å². The SMILES string of the molecule is CC(=O)C=C(C)Nc1cccc(N([O-])O)c1. The molecule has 0 unspecified atom stereocenters. The van der Waals surface area contributed by atoms with Gasteiger partial charge in [-0.15, -0.1) is 0 Å². The Bertz CT molecular complexity index is 413. The molecule has 1 rings (SSSR count). The fraction of sp³-hybridized carbons (Fsp3) is 0.182. The first-order chi connectivity index (χ1) is 7.49.